The number of rotatable bonds is 3. The number of methoxy groups -OCH3 is 2. The van der Waals surface area contributed by atoms with Crippen molar-refractivity contribution in [1.29, 1.82) is 0 Å². The number of carbonyl (C=O) groups is 4. The number of aliphatic hydroxyl groups is 6. The molecular weight excluding hydrogens is 640 g/mol. The Labute approximate surface area is 271 Å². The highest BCUT2D eigenvalue weighted by Gasteiger charge is 2.77. The number of carbonyl (C=O) groups excluding carboxylic acids is 4. The first-order chi connectivity index (χ1) is 22.4. The number of Topliss-reactive ketones (excluding diaryl/α,β-unsaturated/α-hetero) is 2. The molecule has 0 bridgehead atoms. The molecule has 0 saturated heterocycles. The maximum absolute atomic E-state index is 14.0. The lowest BCUT2D eigenvalue weighted by atomic mass is 9.60. The molecule has 6 rings (SSSR count). The van der Waals surface area contributed by atoms with Crippen LogP contribution in [-0.2, 0) is 19.1 Å². The SMILES string of the molecule is COC(=O)[C@]12Oc3ccc(-c4ccc5c(c4O)C(=O)[C@@]4(O)[C@@H](O)C[C@H](C)[C@H](O)[C@]4(C(=O)OC)O5)c(O)c3C(=O)[C@]1(O)[C@H](O)C[C@@H](C)[C@H]2O. The largest absolute Gasteiger partial charge is 0.506 e. The zero-order chi connectivity index (χ0) is 35.5. The Morgan fingerprint density at radius 3 is 1.33 bits per heavy atom. The number of hydrogen-bond donors (Lipinski definition) is 8. The van der Waals surface area contributed by atoms with Crippen molar-refractivity contribution >= 4 is 23.5 Å². The number of aromatic hydroxyl groups is 2. The first-order valence-corrected chi connectivity index (χ1v) is 15.0. The van der Waals surface area contributed by atoms with Crippen LogP contribution < -0.4 is 9.47 Å². The second-order valence-corrected chi connectivity index (χ2v) is 12.9. The fourth-order valence-corrected chi connectivity index (χ4v) is 7.82. The van der Waals surface area contributed by atoms with Crippen LogP contribution >= 0.6 is 0 Å². The van der Waals surface area contributed by atoms with Gasteiger partial charge in [-0.05, 0) is 48.9 Å². The van der Waals surface area contributed by atoms with Crippen LogP contribution in [0.4, 0.5) is 0 Å². The number of esters is 2. The summed E-state index contributed by atoms with van der Waals surface area (Å²) in [5.74, 6) is -10.2. The van der Waals surface area contributed by atoms with Crippen LogP contribution in [0.25, 0.3) is 11.1 Å². The van der Waals surface area contributed by atoms with Crippen molar-refractivity contribution in [2.45, 2.75) is 73.5 Å². The van der Waals surface area contributed by atoms with E-state index < -0.39 is 116 Å². The van der Waals surface area contributed by atoms with Gasteiger partial charge >= 0.3 is 11.9 Å². The average molecular weight is 675 g/mol. The molecule has 48 heavy (non-hydrogen) atoms. The van der Waals surface area contributed by atoms with E-state index in [0.717, 1.165) is 38.5 Å². The van der Waals surface area contributed by atoms with Crippen molar-refractivity contribution in [2.75, 3.05) is 14.2 Å². The summed E-state index contributed by atoms with van der Waals surface area (Å²) in [7, 11) is 1.84. The zero-order valence-corrected chi connectivity index (χ0v) is 26.0. The van der Waals surface area contributed by atoms with Gasteiger partial charge in [0.25, 0.3) is 11.2 Å². The number of ether oxygens (including phenoxy) is 4. The van der Waals surface area contributed by atoms with Crippen LogP contribution in [-0.4, -0.2) is 125 Å². The minimum absolute atomic E-state index is 0.357. The smallest absolute Gasteiger partial charge is 0.356 e. The zero-order valence-electron chi connectivity index (χ0n) is 26.0. The van der Waals surface area contributed by atoms with E-state index in [9.17, 15) is 60.0 Å². The quantitative estimate of drug-likeness (QED) is 0.176. The molecule has 0 radical (unpaired) electrons. The summed E-state index contributed by atoms with van der Waals surface area (Å²) in [5, 5.41) is 90.4. The summed E-state index contributed by atoms with van der Waals surface area (Å²) in [6, 6.07) is 4.35. The van der Waals surface area contributed by atoms with Crippen molar-refractivity contribution in [3.63, 3.8) is 0 Å². The predicted octanol–water partition coefficient (Wildman–Crippen LogP) is -1.28. The molecule has 16 nitrogen and oxygen atoms in total. The van der Waals surface area contributed by atoms with E-state index in [1.165, 1.54) is 13.8 Å². The maximum atomic E-state index is 14.0. The number of phenols is 2. The topological polar surface area (TPSA) is 267 Å². The highest BCUT2D eigenvalue weighted by atomic mass is 16.6. The summed E-state index contributed by atoms with van der Waals surface area (Å²) < 4.78 is 21.1. The highest BCUT2D eigenvalue weighted by molar-refractivity contribution is 6.16. The minimum atomic E-state index is -3.16. The number of hydrogen-bond acceptors (Lipinski definition) is 16. The molecule has 0 aromatic heterocycles. The molecule has 8 N–H and O–H groups in total. The Balaban J connectivity index is 1.53. The minimum Gasteiger partial charge on any atom is -0.506 e. The number of ketones is 2. The standard InChI is InChI=1S/C32H34O16/c1-11-9-17(33)29(43)25(39)19-15(47-31(29,23(11)37)27(41)45-3)7-5-13(21(19)35)14-6-8-16-20(22(14)36)26(40)30(44)18(34)10-12(2)24(38)32(30,48-16)28(42)46-4/h5-8,11-12,17-18,23-24,33-38,43-44H,9-10H2,1-4H3/t11-,12+,17-,18+,23-,24+,29-,30+,31+,32-. The summed E-state index contributed by atoms with van der Waals surface area (Å²) in [4.78, 5) is 54.2. The highest BCUT2D eigenvalue weighted by Crippen LogP contribution is 2.56. The van der Waals surface area contributed by atoms with E-state index in [1.807, 2.05) is 0 Å². The van der Waals surface area contributed by atoms with Crippen LogP contribution in [0.1, 0.15) is 47.4 Å². The number of phenolic OH excluding ortho intramolecular Hbond substituents is 2. The molecule has 4 aliphatic rings. The molecule has 2 heterocycles. The van der Waals surface area contributed by atoms with Gasteiger partial charge in [0, 0.05) is 11.1 Å². The number of benzene rings is 2. The third-order valence-corrected chi connectivity index (χ3v) is 10.4. The Hall–Kier alpha value is -4.32. The normalized spacial score (nSPS) is 38.3. The first-order valence-electron chi connectivity index (χ1n) is 15.0. The van der Waals surface area contributed by atoms with Gasteiger partial charge < -0.3 is 59.8 Å². The van der Waals surface area contributed by atoms with Gasteiger partial charge in [-0.3, -0.25) is 9.59 Å². The molecule has 2 aromatic carbocycles. The van der Waals surface area contributed by atoms with Crippen LogP contribution in [0.15, 0.2) is 24.3 Å². The lowest BCUT2D eigenvalue weighted by Crippen LogP contribution is -2.81. The molecule has 0 unspecified atom stereocenters. The lowest BCUT2D eigenvalue weighted by Gasteiger charge is -2.55. The van der Waals surface area contributed by atoms with Crippen LogP contribution in [0, 0.1) is 11.8 Å². The lowest BCUT2D eigenvalue weighted by molar-refractivity contribution is -0.249. The van der Waals surface area contributed by atoms with Crippen molar-refractivity contribution in [2.24, 2.45) is 11.8 Å². The van der Waals surface area contributed by atoms with Crippen LogP contribution in [0.3, 0.4) is 0 Å². The predicted molar refractivity (Wildman–Crippen MR) is 156 cm³/mol. The van der Waals surface area contributed by atoms with Gasteiger partial charge in [0.05, 0.1) is 26.4 Å². The Bertz CT molecular complexity index is 1640. The molecular formula is C32H34O16. The molecule has 2 aliphatic carbocycles. The van der Waals surface area contributed by atoms with Crippen molar-refractivity contribution in [1.82, 2.24) is 0 Å². The van der Waals surface area contributed by atoms with E-state index in [0.29, 0.717) is 0 Å². The summed E-state index contributed by atoms with van der Waals surface area (Å²) >= 11 is 0. The van der Waals surface area contributed by atoms with Gasteiger partial charge in [-0.2, -0.15) is 0 Å². The second-order valence-electron chi connectivity index (χ2n) is 12.9. The van der Waals surface area contributed by atoms with Crippen molar-refractivity contribution in [3.8, 4) is 34.1 Å². The molecule has 2 fully saturated rings. The van der Waals surface area contributed by atoms with E-state index in [4.69, 9.17) is 18.9 Å². The van der Waals surface area contributed by atoms with Gasteiger partial charge in [0.2, 0.25) is 22.8 Å². The Morgan fingerprint density at radius 1 is 0.688 bits per heavy atom. The molecule has 0 amide bonds. The Morgan fingerprint density at radius 2 is 1.02 bits per heavy atom. The Kier molecular flexibility index (Phi) is 7.41. The first kappa shape index (κ1) is 33.6. The second kappa shape index (κ2) is 10.6. The summed E-state index contributed by atoms with van der Waals surface area (Å²) in [6.45, 7) is 2.90. The third kappa shape index (κ3) is 3.64. The molecule has 2 aliphatic heterocycles. The number of fused-ring (bicyclic) bond motifs is 4. The monoisotopic (exact) mass is 674 g/mol. The molecule has 0 spiro atoms. The number of aliphatic hydroxyl groups excluding tert-OH is 4. The van der Waals surface area contributed by atoms with Gasteiger partial charge in [-0.1, -0.05) is 13.8 Å². The van der Waals surface area contributed by atoms with E-state index in [2.05, 4.69) is 0 Å². The van der Waals surface area contributed by atoms with Crippen molar-refractivity contribution < 1.29 is 79.0 Å². The van der Waals surface area contributed by atoms with Crippen LogP contribution in [0.2, 0.25) is 0 Å². The van der Waals surface area contributed by atoms with E-state index >= 15 is 0 Å². The van der Waals surface area contributed by atoms with Gasteiger partial charge in [-0.15, -0.1) is 0 Å². The molecule has 2 aromatic rings. The van der Waals surface area contributed by atoms with Gasteiger partial charge in [0.15, 0.2) is 0 Å². The van der Waals surface area contributed by atoms with Crippen molar-refractivity contribution in [3.05, 3.63) is 35.4 Å². The van der Waals surface area contributed by atoms with Gasteiger partial charge in [0.1, 0.15) is 46.3 Å². The summed E-state index contributed by atoms with van der Waals surface area (Å²) in [5.41, 5.74) is -14.2. The maximum Gasteiger partial charge on any atom is 0.356 e. The van der Waals surface area contributed by atoms with Crippen LogP contribution in [0.5, 0.6) is 23.0 Å². The van der Waals surface area contributed by atoms with E-state index in [-0.39, 0.29) is 24.0 Å². The molecule has 16 heteroatoms. The summed E-state index contributed by atoms with van der Waals surface area (Å²) in [6.07, 6.45) is -8.39. The van der Waals surface area contributed by atoms with Gasteiger partial charge in [-0.25, -0.2) is 9.59 Å². The third-order valence-electron chi connectivity index (χ3n) is 10.4. The van der Waals surface area contributed by atoms with E-state index in [1.54, 1.807) is 0 Å². The fourth-order valence-electron chi connectivity index (χ4n) is 7.82. The molecule has 258 valence electrons. The fraction of sp³-hybridized carbons (Fsp3) is 0.500. The molecule has 10 atom stereocenters. The average Bonchev–Trinajstić information content (AvgIpc) is 3.05. The molecule has 2 saturated carbocycles.